The first-order valence-corrected chi connectivity index (χ1v) is 7.64. The predicted octanol–water partition coefficient (Wildman–Crippen LogP) is 2.50. The van der Waals surface area contributed by atoms with Gasteiger partial charge in [0, 0.05) is 31.5 Å². The van der Waals surface area contributed by atoms with Crippen molar-refractivity contribution < 1.29 is 18.7 Å². The van der Waals surface area contributed by atoms with Crippen LogP contribution in [0.2, 0.25) is 0 Å². The molecule has 25 heavy (non-hydrogen) atoms. The van der Waals surface area contributed by atoms with Crippen LogP contribution in [0.1, 0.15) is 10.4 Å². The number of rotatable bonds is 4. The van der Waals surface area contributed by atoms with Crippen molar-refractivity contribution in [3.8, 4) is 0 Å². The number of benzene rings is 1. The van der Waals surface area contributed by atoms with Crippen molar-refractivity contribution in [3.63, 3.8) is 0 Å². The van der Waals surface area contributed by atoms with Gasteiger partial charge in [-0.1, -0.05) is 0 Å². The number of carbonyl (C=O) groups is 2. The number of carbonyl (C=O) groups excluding carboxylic acids is 2. The van der Waals surface area contributed by atoms with Gasteiger partial charge in [0.05, 0.1) is 12.2 Å². The minimum Gasteiger partial charge on any atom is -0.447 e. The SMILES string of the molecule is CN(C)c1cc(C(=O)Nc2cc(N3CCOC3=O)ccc2F)ccn1. The number of ether oxygens (including phenoxy) is 1. The largest absolute Gasteiger partial charge is 0.447 e. The van der Waals surface area contributed by atoms with Crippen LogP contribution >= 0.6 is 0 Å². The number of nitrogens with zero attached hydrogens (tertiary/aromatic N) is 3. The van der Waals surface area contributed by atoms with Gasteiger partial charge < -0.3 is 15.0 Å². The molecule has 3 rings (SSSR count). The molecule has 1 aromatic carbocycles. The summed E-state index contributed by atoms with van der Waals surface area (Å²) in [4.78, 5) is 31.3. The molecule has 0 atom stereocenters. The molecule has 2 heterocycles. The number of hydrogen-bond donors (Lipinski definition) is 1. The first-order valence-electron chi connectivity index (χ1n) is 7.64. The fraction of sp³-hybridized carbons (Fsp3) is 0.235. The number of anilines is 3. The quantitative estimate of drug-likeness (QED) is 0.922. The summed E-state index contributed by atoms with van der Waals surface area (Å²) in [6.07, 6.45) is 1.02. The predicted molar refractivity (Wildman–Crippen MR) is 91.6 cm³/mol. The highest BCUT2D eigenvalue weighted by atomic mass is 19.1. The molecule has 0 spiro atoms. The lowest BCUT2D eigenvalue weighted by Gasteiger charge is -2.15. The maximum absolute atomic E-state index is 14.1. The van der Waals surface area contributed by atoms with Crippen molar-refractivity contribution in [1.82, 2.24) is 4.98 Å². The van der Waals surface area contributed by atoms with Gasteiger partial charge >= 0.3 is 6.09 Å². The van der Waals surface area contributed by atoms with Gasteiger partial charge in [-0.3, -0.25) is 9.69 Å². The Hall–Kier alpha value is -3.16. The molecule has 1 aliphatic rings. The molecule has 1 fully saturated rings. The Labute approximate surface area is 144 Å². The molecule has 0 aliphatic carbocycles. The number of hydrogen-bond acceptors (Lipinski definition) is 5. The highest BCUT2D eigenvalue weighted by molar-refractivity contribution is 6.05. The van der Waals surface area contributed by atoms with Crippen molar-refractivity contribution in [2.75, 3.05) is 42.4 Å². The third-order valence-electron chi connectivity index (χ3n) is 3.74. The zero-order chi connectivity index (χ0) is 18.0. The molecule has 130 valence electrons. The van der Waals surface area contributed by atoms with Crippen LogP contribution in [0.25, 0.3) is 0 Å². The molecule has 0 unspecified atom stereocenters. The first-order chi connectivity index (χ1) is 12.0. The summed E-state index contributed by atoms with van der Waals surface area (Å²) in [5.74, 6) is -0.446. The maximum atomic E-state index is 14.1. The Morgan fingerprint density at radius 3 is 2.80 bits per heavy atom. The van der Waals surface area contributed by atoms with Crippen LogP contribution in [0.4, 0.5) is 26.4 Å². The van der Waals surface area contributed by atoms with Gasteiger partial charge in [0.15, 0.2) is 0 Å². The van der Waals surface area contributed by atoms with Crippen LogP contribution in [0.3, 0.4) is 0 Å². The van der Waals surface area contributed by atoms with E-state index in [0.717, 1.165) is 0 Å². The lowest BCUT2D eigenvalue weighted by molar-refractivity contribution is 0.102. The fourth-order valence-electron chi connectivity index (χ4n) is 2.40. The van der Waals surface area contributed by atoms with Crippen LogP contribution in [-0.4, -0.2) is 44.2 Å². The van der Waals surface area contributed by atoms with E-state index in [9.17, 15) is 14.0 Å². The second-order valence-corrected chi connectivity index (χ2v) is 5.68. The maximum Gasteiger partial charge on any atom is 0.414 e. The second kappa shape index (κ2) is 6.76. The number of nitrogens with one attached hydrogen (secondary N) is 1. The van der Waals surface area contributed by atoms with Crippen LogP contribution in [0.5, 0.6) is 0 Å². The molecule has 7 nitrogen and oxygen atoms in total. The van der Waals surface area contributed by atoms with E-state index in [2.05, 4.69) is 10.3 Å². The lowest BCUT2D eigenvalue weighted by atomic mass is 10.2. The summed E-state index contributed by atoms with van der Waals surface area (Å²) in [7, 11) is 3.62. The molecule has 0 radical (unpaired) electrons. The normalized spacial score (nSPS) is 13.6. The molecule has 8 heteroatoms. The topological polar surface area (TPSA) is 74.8 Å². The first kappa shape index (κ1) is 16.7. The van der Waals surface area contributed by atoms with E-state index in [4.69, 9.17) is 4.74 Å². The van der Waals surface area contributed by atoms with Crippen LogP contribution in [0, 0.1) is 5.82 Å². The van der Waals surface area contributed by atoms with Crippen LogP contribution < -0.4 is 15.1 Å². The molecular weight excluding hydrogens is 327 g/mol. The Bertz CT molecular complexity index is 825. The molecule has 0 saturated carbocycles. The number of cyclic esters (lactones) is 1. The molecule has 1 saturated heterocycles. The molecule has 1 N–H and O–H groups in total. The Kier molecular flexibility index (Phi) is 4.51. The third kappa shape index (κ3) is 3.52. The van der Waals surface area contributed by atoms with Crippen molar-refractivity contribution in [2.24, 2.45) is 0 Å². The van der Waals surface area contributed by atoms with Crippen LogP contribution in [-0.2, 0) is 4.74 Å². The summed E-state index contributed by atoms with van der Waals surface area (Å²) in [5, 5.41) is 2.53. The fourth-order valence-corrected chi connectivity index (χ4v) is 2.40. The summed E-state index contributed by atoms with van der Waals surface area (Å²) in [6.45, 7) is 0.663. The van der Waals surface area contributed by atoms with Gasteiger partial charge in [0.25, 0.3) is 5.91 Å². The molecule has 2 amide bonds. The third-order valence-corrected chi connectivity index (χ3v) is 3.74. The summed E-state index contributed by atoms with van der Waals surface area (Å²) >= 11 is 0. The van der Waals surface area contributed by atoms with E-state index in [1.54, 1.807) is 17.0 Å². The zero-order valence-electron chi connectivity index (χ0n) is 13.8. The minimum absolute atomic E-state index is 0.00887. The Morgan fingerprint density at radius 2 is 2.12 bits per heavy atom. The second-order valence-electron chi connectivity index (χ2n) is 5.68. The van der Waals surface area contributed by atoms with E-state index in [1.807, 2.05) is 14.1 Å². The van der Waals surface area contributed by atoms with E-state index in [0.29, 0.717) is 23.6 Å². The van der Waals surface area contributed by atoms with Crippen LogP contribution in [0.15, 0.2) is 36.5 Å². The van der Waals surface area contributed by atoms with Crippen molar-refractivity contribution in [1.29, 1.82) is 0 Å². The van der Waals surface area contributed by atoms with Crippen molar-refractivity contribution in [2.45, 2.75) is 0 Å². The monoisotopic (exact) mass is 344 g/mol. The van der Waals surface area contributed by atoms with Gasteiger partial charge in [-0.05, 0) is 30.3 Å². The van der Waals surface area contributed by atoms with E-state index in [-0.39, 0.29) is 12.3 Å². The number of pyridine rings is 1. The zero-order valence-corrected chi connectivity index (χ0v) is 13.8. The molecule has 2 aromatic rings. The Morgan fingerprint density at radius 1 is 1.32 bits per heavy atom. The smallest absolute Gasteiger partial charge is 0.414 e. The van der Waals surface area contributed by atoms with E-state index < -0.39 is 17.8 Å². The van der Waals surface area contributed by atoms with E-state index in [1.165, 1.54) is 29.3 Å². The molecule has 1 aliphatic heterocycles. The molecular formula is C17H17FN4O3. The summed E-state index contributed by atoms with van der Waals surface area (Å²) in [5.41, 5.74) is 0.803. The standard InChI is InChI=1S/C17H17FN4O3/c1-21(2)15-9-11(5-6-19-15)16(23)20-14-10-12(3-4-13(14)18)22-7-8-25-17(22)24/h3-6,9-10H,7-8H2,1-2H3,(H,20,23). The van der Waals surface area contributed by atoms with Gasteiger partial charge in [-0.25, -0.2) is 14.2 Å². The summed E-state index contributed by atoms with van der Waals surface area (Å²) < 4.78 is 18.9. The Balaban J connectivity index is 1.83. The van der Waals surface area contributed by atoms with E-state index >= 15 is 0 Å². The lowest BCUT2D eigenvalue weighted by Crippen LogP contribution is -2.23. The van der Waals surface area contributed by atoms with Gasteiger partial charge in [-0.2, -0.15) is 0 Å². The van der Waals surface area contributed by atoms with Gasteiger partial charge in [0.1, 0.15) is 18.2 Å². The van der Waals surface area contributed by atoms with Gasteiger partial charge in [0.2, 0.25) is 0 Å². The average molecular weight is 344 g/mol. The highest BCUT2D eigenvalue weighted by Gasteiger charge is 2.24. The number of aromatic nitrogens is 1. The van der Waals surface area contributed by atoms with Gasteiger partial charge in [-0.15, -0.1) is 0 Å². The summed E-state index contributed by atoms with van der Waals surface area (Å²) in [6, 6.07) is 7.23. The molecule has 0 bridgehead atoms. The van der Waals surface area contributed by atoms with Crippen molar-refractivity contribution in [3.05, 3.63) is 47.9 Å². The number of halogens is 1. The minimum atomic E-state index is -0.591. The van der Waals surface area contributed by atoms with Crippen molar-refractivity contribution >= 4 is 29.2 Å². The number of amides is 2. The molecule has 1 aromatic heterocycles. The average Bonchev–Trinajstić information content (AvgIpc) is 3.03. The highest BCUT2D eigenvalue weighted by Crippen LogP contribution is 2.25.